The van der Waals surface area contributed by atoms with Crippen LogP contribution in [0.3, 0.4) is 0 Å². The predicted molar refractivity (Wildman–Crippen MR) is 114 cm³/mol. The minimum Gasteiger partial charge on any atom is -0.445 e. The molecule has 8 heteroatoms. The van der Waals surface area contributed by atoms with Crippen molar-refractivity contribution in [3.63, 3.8) is 0 Å². The Labute approximate surface area is 175 Å². The molecule has 0 bridgehead atoms. The van der Waals surface area contributed by atoms with Crippen molar-refractivity contribution in [2.45, 2.75) is 37.7 Å². The molecule has 2 aliphatic rings. The van der Waals surface area contributed by atoms with Crippen LogP contribution in [-0.2, 0) is 24.3 Å². The Hall–Kier alpha value is -2.32. The molecule has 29 heavy (non-hydrogen) atoms. The summed E-state index contributed by atoms with van der Waals surface area (Å²) in [6.07, 6.45) is 2.69. The van der Waals surface area contributed by atoms with Gasteiger partial charge in [-0.3, -0.25) is 0 Å². The Morgan fingerprint density at radius 2 is 2.10 bits per heavy atom. The molecule has 0 radical (unpaired) electrons. The van der Waals surface area contributed by atoms with Gasteiger partial charge in [0.1, 0.15) is 12.4 Å². The third-order valence-electron chi connectivity index (χ3n) is 5.44. The highest BCUT2D eigenvalue weighted by Gasteiger charge is 2.31. The topological polar surface area (TPSA) is 70.6 Å². The zero-order valence-corrected chi connectivity index (χ0v) is 17.7. The van der Waals surface area contributed by atoms with Gasteiger partial charge in [-0.15, -0.1) is 0 Å². The molecule has 1 saturated heterocycles. The number of aromatic nitrogens is 2. The second kappa shape index (κ2) is 9.00. The van der Waals surface area contributed by atoms with Gasteiger partial charge in [0.2, 0.25) is 0 Å². The molecular formula is C21H27N5O2S. The minimum atomic E-state index is -0.250. The van der Waals surface area contributed by atoms with Crippen molar-refractivity contribution in [1.82, 2.24) is 20.2 Å². The molecule has 0 saturated carbocycles. The van der Waals surface area contributed by atoms with E-state index < -0.39 is 0 Å². The van der Waals surface area contributed by atoms with Gasteiger partial charge in [0, 0.05) is 37.8 Å². The molecule has 2 aromatic rings. The highest BCUT2D eigenvalue weighted by atomic mass is 32.2. The van der Waals surface area contributed by atoms with Gasteiger partial charge in [0.05, 0.1) is 5.69 Å². The first kappa shape index (κ1) is 20.0. The minimum absolute atomic E-state index is 0.0529. The lowest BCUT2D eigenvalue weighted by Gasteiger charge is -2.40. The van der Waals surface area contributed by atoms with Crippen molar-refractivity contribution in [3.8, 4) is 0 Å². The first-order valence-electron chi connectivity index (χ1n) is 10.0. The maximum absolute atomic E-state index is 12.6. The van der Waals surface area contributed by atoms with Crippen LogP contribution in [0.2, 0.25) is 0 Å². The Balaban J connectivity index is 1.43. The van der Waals surface area contributed by atoms with E-state index in [0.717, 1.165) is 54.8 Å². The van der Waals surface area contributed by atoms with E-state index in [-0.39, 0.29) is 12.1 Å². The fourth-order valence-corrected chi connectivity index (χ4v) is 4.27. The lowest BCUT2D eigenvalue weighted by atomic mass is 10.1. The Bertz CT molecular complexity index is 864. The molecule has 1 aromatic heterocycles. The van der Waals surface area contributed by atoms with Gasteiger partial charge in [-0.05, 0) is 31.7 Å². The first-order valence-corrected chi connectivity index (χ1v) is 11.2. The average Bonchev–Trinajstić information content (AvgIpc) is 2.77. The lowest BCUT2D eigenvalue weighted by molar-refractivity contribution is 0.0794. The molecule has 7 nitrogen and oxygen atoms in total. The second-order valence-corrected chi connectivity index (χ2v) is 8.19. The molecule has 1 amide bonds. The number of hydrogen-bond acceptors (Lipinski definition) is 7. The van der Waals surface area contributed by atoms with Crippen LogP contribution in [0.25, 0.3) is 0 Å². The smallest absolute Gasteiger partial charge is 0.410 e. The van der Waals surface area contributed by atoms with Crippen molar-refractivity contribution < 1.29 is 9.53 Å². The highest BCUT2D eigenvalue weighted by molar-refractivity contribution is 7.98. The molecule has 0 unspecified atom stereocenters. The molecular weight excluding hydrogens is 386 g/mol. The number of amides is 1. The first-order chi connectivity index (χ1) is 14.2. The zero-order valence-electron chi connectivity index (χ0n) is 16.9. The number of carbonyl (C=O) groups is 1. The number of nitrogens with zero attached hydrogens (tertiary/aromatic N) is 4. The van der Waals surface area contributed by atoms with E-state index in [1.54, 1.807) is 11.8 Å². The summed E-state index contributed by atoms with van der Waals surface area (Å²) in [5.74, 6) is 1.03. The average molecular weight is 414 g/mol. The number of rotatable bonds is 4. The fraction of sp³-hybridized carbons (Fsp3) is 0.476. The van der Waals surface area contributed by atoms with Crippen LogP contribution < -0.4 is 10.2 Å². The van der Waals surface area contributed by atoms with Crippen molar-refractivity contribution in [2.24, 2.45) is 0 Å². The summed E-state index contributed by atoms with van der Waals surface area (Å²) in [5.41, 5.74) is 3.34. The summed E-state index contributed by atoms with van der Waals surface area (Å²) >= 11 is 1.57. The van der Waals surface area contributed by atoms with Crippen LogP contribution >= 0.6 is 11.8 Å². The van der Waals surface area contributed by atoms with Crippen molar-refractivity contribution in [3.05, 3.63) is 47.2 Å². The van der Waals surface area contributed by atoms with Crippen LogP contribution in [-0.4, -0.2) is 59.4 Å². The van der Waals surface area contributed by atoms with E-state index in [1.165, 1.54) is 5.56 Å². The quantitative estimate of drug-likeness (QED) is 0.610. The molecule has 154 valence electrons. The Kier molecular flexibility index (Phi) is 6.20. The number of benzene rings is 1. The van der Waals surface area contributed by atoms with Crippen molar-refractivity contribution in [1.29, 1.82) is 0 Å². The summed E-state index contributed by atoms with van der Waals surface area (Å²) in [7, 11) is 0. The number of thioether (sulfide) groups is 1. The number of hydrogen-bond donors (Lipinski definition) is 1. The number of nitrogens with one attached hydrogen (secondary N) is 1. The van der Waals surface area contributed by atoms with E-state index in [0.29, 0.717) is 13.2 Å². The Morgan fingerprint density at radius 3 is 2.86 bits per heavy atom. The summed E-state index contributed by atoms with van der Waals surface area (Å²) in [6.45, 7) is 6.22. The van der Waals surface area contributed by atoms with E-state index in [4.69, 9.17) is 9.72 Å². The van der Waals surface area contributed by atoms with E-state index in [9.17, 15) is 4.79 Å². The normalized spacial score (nSPS) is 19.0. The van der Waals surface area contributed by atoms with Crippen LogP contribution in [0.5, 0.6) is 0 Å². The molecule has 3 heterocycles. The number of ether oxygens (including phenoxy) is 1. The zero-order chi connectivity index (χ0) is 20.2. The molecule has 4 rings (SSSR count). The SMILES string of the molecule is CSc1nc2c(c(N3CCN(C(=O)OCc4ccccc4)[C@H](C)C3)n1)CCNC2. The predicted octanol–water partition coefficient (Wildman–Crippen LogP) is 2.69. The molecule has 1 fully saturated rings. The van der Waals surface area contributed by atoms with E-state index >= 15 is 0 Å². The number of carbonyl (C=O) groups excluding carboxylic acids is 1. The maximum Gasteiger partial charge on any atom is 0.410 e. The molecule has 1 N–H and O–H groups in total. The highest BCUT2D eigenvalue weighted by Crippen LogP contribution is 2.28. The van der Waals surface area contributed by atoms with Crippen LogP contribution in [0.1, 0.15) is 23.7 Å². The number of anilines is 1. The fourth-order valence-electron chi connectivity index (χ4n) is 3.89. The van der Waals surface area contributed by atoms with Gasteiger partial charge in [-0.2, -0.15) is 0 Å². The van der Waals surface area contributed by atoms with E-state index in [1.807, 2.05) is 41.5 Å². The van der Waals surface area contributed by atoms with Gasteiger partial charge in [-0.25, -0.2) is 14.8 Å². The summed E-state index contributed by atoms with van der Waals surface area (Å²) in [5, 5.41) is 4.20. The monoisotopic (exact) mass is 413 g/mol. The standard InChI is InChI=1S/C21H27N5O2S/c1-15-13-25(19-17-8-9-22-12-18(17)23-20(24-19)29-2)10-11-26(15)21(27)28-14-16-6-4-3-5-7-16/h3-7,15,22H,8-14H2,1-2H3/t15-/m1/s1. The third-order valence-corrected chi connectivity index (χ3v) is 5.99. The van der Waals surface area contributed by atoms with Crippen LogP contribution in [0.15, 0.2) is 35.5 Å². The third kappa shape index (κ3) is 4.48. The summed E-state index contributed by atoms with van der Waals surface area (Å²) in [6, 6.07) is 9.83. The maximum atomic E-state index is 12.6. The lowest BCUT2D eigenvalue weighted by Crippen LogP contribution is -2.54. The molecule has 0 aliphatic carbocycles. The van der Waals surface area contributed by atoms with Gasteiger partial charge in [0.15, 0.2) is 5.16 Å². The molecule has 0 spiro atoms. The van der Waals surface area contributed by atoms with Crippen LogP contribution in [0.4, 0.5) is 10.6 Å². The summed E-state index contributed by atoms with van der Waals surface area (Å²) < 4.78 is 5.54. The second-order valence-electron chi connectivity index (χ2n) is 7.41. The Morgan fingerprint density at radius 1 is 1.28 bits per heavy atom. The molecule has 2 aliphatic heterocycles. The van der Waals surface area contributed by atoms with Gasteiger partial charge >= 0.3 is 6.09 Å². The number of fused-ring (bicyclic) bond motifs is 1. The largest absolute Gasteiger partial charge is 0.445 e. The van der Waals surface area contributed by atoms with E-state index in [2.05, 4.69) is 22.1 Å². The molecule has 1 atom stereocenters. The van der Waals surface area contributed by atoms with Gasteiger partial charge in [0.25, 0.3) is 0 Å². The van der Waals surface area contributed by atoms with Crippen LogP contribution in [0, 0.1) is 0 Å². The summed E-state index contributed by atoms with van der Waals surface area (Å²) in [4.78, 5) is 26.2. The molecule has 1 aromatic carbocycles. The van der Waals surface area contributed by atoms with Crippen molar-refractivity contribution in [2.75, 3.05) is 37.3 Å². The van der Waals surface area contributed by atoms with Gasteiger partial charge in [-0.1, -0.05) is 42.1 Å². The van der Waals surface area contributed by atoms with Gasteiger partial charge < -0.3 is 19.9 Å². The number of piperazine rings is 1. The van der Waals surface area contributed by atoms with Crippen molar-refractivity contribution >= 4 is 23.7 Å².